The van der Waals surface area contributed by atoms with Gasteiger partial charge in [0.25, 0.3) is 0 Å². The van der Waals surface area contributed by atoms with Gasteiger partial charge in [0.2, 0.25) is 11.1 Å². The second kappa shape index (κ2) is 5.18. The first-order valence-electron chi connectivity index (χ1n) is 5.29. The van der Waals surface area contributed by atoms with Gasteiger partial charge in [0, 0.05) is 5.25 Å². The Balaban J connectivity index is 2.13. The van der Waals surface area contributed by atoms with Gasteiger partial charge in [-0.15, -0.1) is 5.10 Å². The number of hydrogen-bond donors (Lipinski definition) is 2. The minimum absolute atomic E-state index is 0.200. The Hall–Kier alpha value is -1.56. The topological polar surface area (TPSA) is 67.6 Å². The van der Waals surface area contributed by atoms with Crippen molar-refractivity contribution in [3.63, 3.8) is 0 Å². The summed E-state index contributed by atoms with van der Waals surface area (Å²) in [6, 6.07) is 6.49. The molecule has 0 spiro atoms. The van der Waals surface area contributed by atoms with E-state index in [1.54, 1.807) is 12.1 Å². The second-order valence-corrected chi connectivity index (χ2v) is 4.74. The Morgan fingerprint density at radius 2 is 2.12 bits per heavy atom. The number of nitrogen functional groups attached to an aromatic ring is 1. The summed E-state index contributed by atoms with van der Waals surface area (Å²) in [5.74, 6) is 0.0807. The number of H-pyrrole nitrogens is 1. The van der Waals surface area contributed by atoms with Crippen LogP contribution < -0.4 is 5.73 Å². The summed E-state index contributed by atoms with van der Waals surface area (Å²) in [5.41, 5.74) is 6.52. The van der Waals surface area contributed by atoms with E-state index in [-0.39, 0.29) is 11.1 Å². The van der Waals surface area contributed by atoms with E-state index in [2.05, 4.69) is 22.1 Å². The molecule has 0 radical (unpaired) electrons. The molecule has 1 atom stereocenters. The van der Waals surface area contributed by atoms with E-state index >= 15 is 0 Å². The molecule has 0 bridgehead atoms. The summed E-state index contributed by atoms with van der Waals surface area (Å²) < 4.78 is 12.8. The van der Waals surface area contributed by atoms with Gasteiger partial charge >= 0.3 is 0 Å². The highest BCUT2D eigenvalue weighted by Crippen LogP contribution is 2.35. The van der Waals surface area contributed by atoms with E-state index in [1.807, 2.05) is 0 Å². The Kier molecular flexibility index (Phi) is 3.63. The van der Waals surface area contributed by atoms with Gasteiger partial charge in [0.05, 0.1) is 0 Å². The molecule has 1 unspecified atom stereocenters. The quantitative estimate of drug-likeness (QED) is 0.821. The third-order valence-corrected chi connectivity index (χ3v) is 3.63. The molecule has 17 heavy (non-hydrogen) atoms. The number of nitrogens with one attached hydrogen (secondary N) is 1. The summed E-state index contributed by atoms with van der Waals surface area (Å²) in [5, 5.41) is 7.38. The van der Waals surface area contributed by atoms with Crippen molar-refractivity contribution in [3.05, 3.63) is 35.6 Å². The number of hydrogen-bond acceptors (Lipinski definition) is 4. The second-order valence-electron chi connectivity index (χ2n) is 3.57. The number of benzene rings is 1. The molecule has 0 fully saturated rings. The molecule has 1 aromatic carbocycles. The molecule has 1 aromatic heterocycles. The zero-order valence-electron chi connectivity index (χ0n) is 9.35. The molecule has 2 rings (SSSR count). The first-order chi connectivity index (χ1) is 8.19. The lowest BCUT2D eigenvalue weighted by Gasteiger charge is -2.12. The molecule has 0 aliphatic carbocycles. The molecule has 1 heterocycles. The van der Waals surface area contributed by atoms with Gasteiger partial charge < -0.3 is 5.73 Å². The molecule has 2 aromatic rings. The monoisotopic (exact) mass is 252 g/mol. The number of rotatable bonds is 4. The van der Waals surface area contributed by atoms with Gasteiger partial charge in [0.15, 0.2) is 0 Å². The Morgan fingerprint density at radius 1 is 1.41 bits per heavy atom. The Morgan fingerprint density at radius 3 is 2.65 bits per heavy atom. The van der Waals surface area contributed by atoms with Crippen molar-refractivity contribution in [2.24, 2.45) is 0 Å². The number of aromatic amines is 1. The highest BCUT2D eigenvalue weighted by Gasteiger charge is 2.13. The van der Waals surface area contributed by atoms with Crippen LogP contribution in [0.5, 0.6) is 0 Å². The van der Waals surface area contributed by atoms with E-state index in [9.17, 15) is 4.39 Å². The molecule has 6 heteroatoms. The Labute approximate surface area is 103 Å². The molecule has 3 N–H and O–H groups in total. The molecular formula is C11H13FN4S. The maximum atomic E-state index is 12.8. The first-order valence-corrected chi connectivity index (χ1v) is 6.17. The van der Waals surface area contributed by atoms with E-state index in [0.717, 1.165) is 12.0 Å². The SMILES string of the molecule is CCC(Sc1n[nH]c(N)n1)c1ccc(F)cc1. The fraction of sp³-hybridized carbons (Fsp3) is 0.273. The standard InChI is InChI=1S/C11H13FN4S/c1-2-9(7-3-5-8(12)6-4-7)17-11-14-10(13)15-16-11/h3-6,9H,2H2,1H3,(H3,13,14,15,16). The van der Waals surface area contributed by atoms with Crippen molar-refractivity contribution in [3.8, 4) is 0 Å². The van der Waals surface area contributed by atoms with Crippen molar-refractivity contribution >= 4 is 17.7 Å². The predicted molar refractivity (Wildman–Crippen MR) is 66.1 cm³/mol. The zero-order valence-corrected chi connectivity index (χ0v) is 10.2. The number of anilines is 1. The van der Waals surface area contributed by atoms with Crippen molar-refractivity contribution in [1.29, 1.82) is 0 Å². The summed E-state index contributed by atoms with van der Waals surface area (Å²) in [7, 11) is 0. The third kappa shape index (κ3) is 2.97. The van der Waals surface area contributed by atoms with Crippen LogP contribution in [0.15, 0.2) is 29.4 Å². The molecule has 0 amide bonds. The summed E-state index contributed by atoms with van der Waals surface area (Å²) in [4.78, 5) is 4.04. The number of halogens is 1. The van der Waals surface area contributed by atoms with Crippen LogP contribution in [0.2, 0.25) is 0 Å². The summed E-state index contributed by atoms with van der Waals surface area (Å²) in [6.07, 6.45) is 0.907. The van der Waals surface area contributed by atoms with Gasteiger partial charge in [-0.05, 0) is 24.1 Å². The van der Waals surface area contributed by atoms with E-state index in [4.69, 9.17) is 5.73 Å². The first kappa shape index (κ1) is 11.9. The lowest BCUT2D eigenvalue weighted by atomic mass is 10.1. The average molecular weight is 252 g/mol. The molecule has 4 nitrogen and oxygen atoms in total. The van der Waals surface area contributed by atoms with Crippen molar-refractivity contribution in [2.45, 2.75) is 23.8 Å². The van der Waals surface area contributed by atoms with Crippen LogP contribution in [0.1, 0.15) is 24.2 Å². The van der Waals surface area contributed by atoms with Gasteiger partial charge in [-0.1, -0.05) is 30.8 Å². The van der Waals surface area contributed by atoms with Crippen molar-refractivity contribution in [2.75, 3.05) is 5.73 Å². The number of thioether (sulfide) groups is 1. The molecule has 0 aliphatic rings. The molecule has 90 valence electrons. The molecule has 0 saturated carbocycles. The van der Waals surface area contributed by atoms with Crippen molar-refractivity contribution < 1.29 is 4.39 Å². The Bertz CT molecular complexity index is 482. The van der Waals surface area contributed by atoms with Gasteiger partial charge in [-0.3, -0.25) is 0 Å². The summed E-state index contributed by atoms with van der Waals surface area (Å²) >= 11 is 1.51. The van der Waals surface area contributed by atoms with Gasteiger partial charge in [-0.25, -0.2) is 9.49 Å². The van der Waals surface area contributed by atoms with Gasteiger partial charge in [-0.2, -0.15) is 4.98 Å². The molecule has 0 aliphatic heterocycles. The maximum Gasteiger partial charge on any atom is 0.216 e. The maximum absolute atomic E-state index is 12.8. The smallest absolute Gasteiger partial charge is 0.216 e. The number of aromatic nitrogens is 3. The third-order valence-electron chi connectivity index (χ3n) is 2.34. The zero-order chi connectivity index (χ0) is 12.3. The highest BCUT2D eigenvalue weighted by molar-refractivity contribution is 7.99. The molecular weight excluding hydrogens is 239 g/mol. The van der Waals surface area contributed by atoms with Crippen LogP contribution in [0, 0.1) is 5.82 Å². The van der Waals surface area contributed by atoms with Crippen molar-refractivity contribution in [1.82, 2.24) is 15.2 Å². The lowest BCUT2D eigenvalue weighted by molar-refractivity contribution is 0.626. The largest absolute Gasteiger partial charge is 0.368 e. The molecule has 0 saturated heterocycles. The summed E-state index contributed by atoms with van der Waals surface area (Å²) in [6.45, 7) is 2.07. The van der Waals surface area contributed by atoms with E-state index in [1.165, 1.54) is 23.9 Å². The lowest BCUT2D eigenvalue weighted by Crippen LogP contribution is -1.93. The number of nitrogens with two attached hydrogens (primary N) is 1. The highest BCUT2D eigenvalue weighted by atomic mass is 32.2. The van der Waals surface area contributed by atoms with Gasteiger partial charge in [0.1, 0.15) is 5.82 Å². The van der Waals surface area contributed by atoms with Crippen LogP contribution >= 0.6 is 11.8 Å². The van der Waals surface area contributed by atoms with Crippen LogP contribution in [-0.4, -0.2) is 15.2 Å². The van der Waals surface area contributed by atoms with Crippen LogP contribution in [0.4, 0.5) is 10.3 Å². The average Bonchev–Trinajstić information content (AvgIpc) is 2.73. The minimum Gasteiger partial charge on any atom is -0.368 e. The normalized spacial score (nSPS) is 12.6. The predicted octanol–water partition coefficient (Wildman–Crippen LogP) is 2.77. The minimum atomic E-state index is -0.226. The number of nitrogens with zero attached hydrogens (tertiary/aromatic N) is 2. The fourth-order valence-corrected chi connectivity index (χ4v) is 2.47. The fourth-order valence-electron chi connectivity index (χ4n) is 1.50. The van der Waals surface area contributed by atoms with E-state index < -0.39 is 0 Å². The van der Waals surface area contributed by atoms with Crippen LogP contribution in [0.3, 0.4) is 0 Å². The van der Waals surface area contributed by atoms with E-state index in [0.29, 0.717) is 11.1 Å². The van der Waals surface area contributed by atoms with Crippen LogP contribution in [0.25, 0.3) is 0 Å². The van der Waals surface area contributed by atoms with Crippen LogP contribution in [-0.2, 0) is 0 Å².